The Balaban J connectivity index is 1.31. The Hall–Kier alpha value is -3.91. The number of hydrogen-bond acceptors (Lipinski definition) is 8. The van der Waals surface area contributed by atoms with E-state index in [2.05, 4.69) is 20.3 Å². The number of benzene rings is 1. The minimum Gasteiger partial charge on any atom is -0.455 e. The molecule has 0 bridgehead atoms. The van der Waals surface area contributed by atoms with Crippen LogP contribution in [0.25, 0.3) is 0 Å². The van der Waals surface area contributed by atoms with Crippen LogP contribution in [0.15, 0.2) is 53.6 Å². The van der Waals surface area contributed by atoms with E-state index < -0.39 is 34.9 Å². The molecule has 14 heteroatoms. The van der Waals surface area contributed by atoms with Crippen molar-refractivity contribution in [2.75, 3.05) is 11.9 Å². The number of hydrogen-bond donors (Lipinski definition) is 1. The van der Waals surface area contributed by atoms with Gasteiger partial charge in [0.25, 0.3) is 11.5 Å². The first-order valence-electron chi connectivity index (χ1n) is 13.6. The highest BCUT2D eigenvalue weighted by atomic mass is 19.4. The summed E-state index contributed by atoms with van der Waals surface area (Å²) in [5.74, 6) is -1.07. The van der Waals surface area contributed by atoms with E-state index in [0.717, 1.165) is 42.5 Å². The second-order valence-electron chi connectivity index (χ2n) is 11.0. The van der Waals surface area contributed by atoms with Gasteiger partial charge in [0.1, 0.15) is 23.1 Å². The summed E-state index contributed by atoms with van der Waals surface area (Å²) in [4.78, 5) is 27.1. The zero-order chi connectivity index (χ0) is 30.1. The maximum absolute atomic E-state index is 13.8. The normalized spacial score (nSPS) is 20.3. The highest BCUT2D eigenvalue weighted by Crippen LogP contribution is 2.39. The molecule has 11 nitrogen and oxygen atoms in total. The van der Waals surface area contributed by atoms with Crippen LogP contribution in [0.5, 0.6) is 17.2 Å². The number of nitrogens with zero attached hydrogens (tertiary/aromatic N) is 4. The topological polar surface area (TPSA) is 119 Å². The fraction of sp³-hybridized carbons (Fsp3) is 0.500. The first kappa shape index (κ1) is 29.6. The molecule has 1 aromatic carbocycles. The average Bonchev–Trinajstić information content (AvgIpc) is 3.66. The van der Waals surface area contributed by atoms with Crippen molar-refractivity contribution in [2.45, 2.75) is 76.8 Å². The maximum atomic E-state index is 13.8. The van der Waals surface area contributed by atoms with Gasteiger partial charge in [-0.3, -0.25) is 14.3 Å². The molecule has 2 atom stereocenters. The summed E-state index contributed by atoms with van der Waals surface area (Å²) < 4.78 is 61.0. The molecule has 3 heterocycles. The molecule has 2 aliphatic rings. The Morgan fingerprint density at radius 1 is 1.12 bits per heavy atom. The fourth-order valence-electron chi connectivity index (χ4n) is 5.42. The Kier molecular flexibility index (Phi) is 8.03. The van der Waals surface area contributed by atoms with Crippen molar-refractivity contribution in [1.29, 1.82) is 0 Å². The predicted molar refractivity (Wildman–Crippen MR) is 143 cm³/mol. The Labute approximate surface area is 239 Å². The van der Waals surface area contributed by atoms with Crippen LogP contribution in [0.2, 0.25) is 0 Å². The van der Waals surface area contributed by atoms with Gasteiger partial charge in [0.05, 0.1) is 19.3 Å². The molecule has 1 aliphatic carbocycles. The minimum atomic E-state index is -4.81. The average molecular weight is 592 g/mol. The van der Waals surface area contributed by atoms with Crippen molar-refractivity contribution in [3.8, 4) is 17.2 Å². The van der Waals surface area contributed by atoms with E-state index in [1.165, 1.54) is 24.4 Å². The Morgan fingerprint density at radius 3 is 2.43 bits per heavy atom. The molecule has 1 amide bonds. The van der Waals surface area contributed by atoms with E-state index in [1.807, 2.05) is 13.8 Å². The SMILES string of the molecule is CC1(C)OC[C@@H](Cn2ccc(NC(=O)C(C)(C3CCCC3)n3ncc(Oc4ccc(OC(F)(F)F)cc4)cc3=O)n2)O1. The lowest BCUT2D eigenvalue weighted by atomic mass is 9.83. The number of anilines is 1. The van der Waals surface area contributed by atoms with Crippen LogP contribution in [-0.2, 0) is 26.4 Å². The molecule has 1 saturated heterocycles. The Morgan fingerprint density at radius 2 is 1.81 bits per heavy atom. The van der Waals surface area contributed by atoms with E-state index >= 15 is 0 Å². The summed E-state index contributed by atoms with van der Waals surface area (Å²) in [6, 6.07) is 7.59. The zero-order valence-corrected chi connectivity index (χ0v) is 23.4. The van der Waals surface area contributed by atoms with Crippen LogP contribution in [0.3, 0.4) is 0 Å². The van der Waals surface area contributed by atoms with Crippen LogP contribution >= 0.6 is 0 Å². The number of rotatable bonds is 9. The van der Waals surface area contributed by atoms with Crippen LogP contribution in [0.4, 0.5) is 19.0 Å². The van der Waals surface area contributed by atoms with Crippen molar-refractivity contribution < 1.29 is 36.9 Å². The molecule has 1 N–H and O–H groups in total. The molecular formula is C28H32F3N5O6. The van der Waals surface area contributed by atoms with Gasteiger partial charge in [0.2, 0.25) is 0 Å². The number of amides is 1. The van der Waals surface area contributed by atoms with Crippen molar-refractivity contribution in [1.82, 2.24) is 19.6 Å². The summed E-state index contributed by atoms with van der Waals surface area (Å²) in [7, 11) is 0. The zero-order valence-electron chi connectivity index (χ0n) is 23.4. The number of ether oxygens (including phenoxy) is 4. The molecule has 2 fully saturated rings. The molecule has 1 unspecified atom stereocenters. The van der Waals surface area contributed by atoms with Gasteiger partial charge >= 0.3 is 6.36 Å². The second kappa shape index (κ2) is 11.4. The van der Waals surface area contributed by atoms with Crippen LogP contribution in [0.1, 0.15) is 46.5 Å². The lowest BCUT2D eigenvalue weighted by Gasteiger charge is -2.34. The van der Waals surface area contributed by atoms with Crippen molar-refractivity contribution in [3.05, 3.63) is 59.1 Å². The van der Waals surface area contributed by atoms with Gasteiger partial charge in [0, 0.05) is 18.3 Å². The number of carbonyl (C=O) groups excluding carboxylic acids is 1. The van der Waals surface area contributed by atoms with Gasteiger partial charge in [-0.05, 0) is 63.8 Å². The molecule has 0 spiro atoms. The molecule has 5 rings (SSSR count). The van der Waals surface area contributed by atoms with Crippen LogP contribution in [-0.4, -0.2) is 50.3 Å². The van der Waals surface area contributed by atoms with Crippen molar-refractivity contribution >= 4 is 11.7 Å². The standard InChI is InChI=1S/C28H32F3N5O6/c1-26(2)39-17-22(41-26)16-35-13-12-23(34-35)33-25(38)27(3,18-6-4-5-7-18)36-24(37)14-21(15-32-36)40-19-8-10-20(11-9-19)42-28(29,30)31/h8-15,18,22H,4-7,16-17H2,1-3H3,(H,33,34,38)/t22-,27?/m1/s1. The predicted octanol–water partition coefficient (Wildman–Crippen LogP) is 4.83. The Bertz CT molecular complexity index is 1470. The second-order valence-corrected chi connectivity index (χ2v) is 11.0. The smallest absolute Gasteiger partial charge is 0.455 e. The summed E-state index contributed by atoms with van der Waals surface area (Å²) >= 11 is 0. The van der Waals surface area contributed by atoms with Crippen LogP contribution < -0.4 is 20.3 Å². The summed E-state index contributed by atoms with van der Waals surface area (Å²) in [6.07, 6.45) is 1.36. The molecule has 42 heavy (non-hydrogen) atoms. The number of nitrogens with one attached hydrogen (secondary N) is 1. The number of aromatic nitrogens is 4. The van der Waals surface area contributed by atoms with E-state index in [1.54, 1.807) is 23.9 Å². The van der Waals surface area contributed by atoms with Gasteiger partial charge in [-0.2, -0.15) is 10.2 Å². The molecule has 1 saturated carbocycles. The van der Waals surface area contributed by atoms with Gasteiger partial charge in [-0.25, -0.2) is 4.68 Å². The molecule has 0 radical (unpaired) electrons. The fourth-order valence-corrected chi connectivity index (χ4v) is 5.42. The maximum Gasteiger partial charge on any atom is 0.573 e. The highest BCUT2D eigenvalue weighted by Gasteiger charge is 2.46. The highest BCUT2D eigenvalue weighted by molar-refractivity contribution is 5.95. The lowest BCUT2D eigenvalue weighted by Crippen LogP contribution is -2.53. The third-order valence-electron chi connectivity index (χ3n) is 7.46. The molecule has 2 aromatic heterocycles. The first-order chi connectivity index (χ1) is 19.8. The van der Waals surface area contributed by atoms with E-state index in [9.17, 15) is 22.8 Å². The van der Waals surface area contributed by atoms with Gasteiger partial charge < -0.3 is 24.3 Å². The third-order valence-corrected chi connectivity index (χ3v) is 7.46. The van der Waals surface area contributed by atoms with Gasteiger partial charge in [-0.15, -0.1) is 13.2 Å². The van der Waals surface area contributed by atoms with E-state index in [0.29, 0.717) is 19.0 Å². The quantitative estimate of drug-likeness (QED) is 0.376. The van der Waals surface area contributed by atoms with E-state index in [-0.39, 0.29) is 23.5 Å². The largest absolute Gasteiger partial charge is 0.573 e. The lowest BCUT2D eigenvalue weighted by molar-refractivity contribution is -0.274. The van der Waals surface area contributed by atoms with Crippen molar-refractivity contribution in [2.24, 2.45) is 5.92 Å². The van der Waals surface area contributed by atoms with Crippen LogP contribution in [0, 0.1) is 5.92 Å². The monoisotopic (exact) mass is 591 g/mol. The number of halogens is 3. The van der Waals surface area contributed by atoms with Gasteiger partial charge in [-0.1, -0.05) is 12.8 Å². The van der Waals surface area contributed by atoms with E-state index in [4.69, 9.17) is 14.2 Å². The molecule has 226 valence electrons. The number of carbonyl (C=O) groups is 1. The number of alkyl halides is 3. The van der Waals surface area contributed by atoms with Gasteiger partial charge in [0.15, 0.2) is 17.4 Å². The third kappa shape index (κ3) is 6.76. The summed E-state index contributed by atoms with van der Waals surface area (Å²) in [5, 5.41) is 11.6. The first-order valence-corrected chi connectivity index (χ1v) is 13.6. The summed E-state index contributed by atoms with van der Waals surface area (Å²) in [6.45, 7) is 6.25. The molecule has 3 aromatic rings. The summed E-state index contributed by atoms with van der Waals surface area (Å²) in [5.41, 5.74) is -1.89. The molecular weight excluding hydrogens is 559 g/mol. The molecule has 1 aliphatic heterocycles. The van der Waals surface area contributed by atoms with Crippen molar-refractivity contribution in [3.63, 3.8) is 0 Å². The minimum absolute atomic E-state index is 0.0648.